The largest absolute Gasteiger partial charge is 0.376 e. The van der Waals surface area contributed by atoms with Crippen LogP contribution in [-0.2, 0) is 23.5 Å². The maximum Gasteiger partial charge on any atom is 0.135 e. The van der Waals surface area contributed by atoms with E-state index >= 15 is 0 Å². The lowest BCUT2D eigenvalue weighted by Crippen LogP contribution is -2.14. The zero-order chi connectivity index (χ0) is 13.9. The van der Waals surface area contributed by atoms with Crippen LogP contribution in [0.3, 0.4) is 0 Å². The predicted octanol–water partition coefficient (Wildman–Crippen LogP) is 3.64. The number of halogens is 1. The van der Waals surface area contributed by atoms with Gasteiger partial charge in [-0.05, 0) is 18.2 Å². The zero-order valence-electron chi connectivity index (χ0n) is 10.7. The van der Waals surface area contributed by atoms with Crippen LogP contribution in [0.4, 0.5) is 4.39 Å². The quantitative estimate of drug-likeness (QED) is 0.694. The first-order chi connectivity index (χ1) is 9.72. The Morgan fingerprint density at radius 1 is 1.45 bits per heavy atom. The third kappa shape index (κ3) is 3.08. The third-order valence-corrected chi connectivity index (χ3v) is 4.41. The van der Waals surface area contributed by atoms with Crippen molar-refractivity contribution in [2.24, 2.45) is 0 Å². The molecule has 0 bridgehead atoms. The summed E-state index contributed by atoms with van der Waals surface area (Å²) in [6.07, 6.45) is 0.832. The van der Waals surface area contributed by atoms with Crippen LogP contribution in [-0.4, -0.2) is 16.6 Å². The van der Waals surface area contributed by atoms with Crippen molar-refractivity contribution < 1.29 is 9.13 Å². The third-order valence-electron chi connectivity index (χ3n) is 3.07. The van der Waals surface area contributed by atoms with Gasteiger partial charge in [-0.25, -0.2) is 9.37 Å². The van der Waals surface area contributed by atoms with E-state index in [1.165, 1.54) is 23.9 Å². The van der Waals surface area contributed by atoms with E-state index in [1.54, 1.807) is 6.07 Å². The minimum atomic E-state index is -0.224. The predicted molar refractivity (Wildman–Crippen MR) is 78.7 cm³/mol. The van der Waals surface area contributed by atoms with Gasteiger partial charge in [0.25, 0.3) is 0 Å². The van der Waals surface area contributed by atoms with E-state index in [0.29, 0.717) is 23.6 Å². The number of aromatic amines is 1. The van der Waals surface area contributed by atoms with Gasteiger partial charge in [-0.15, -0.1) is 11.8 Å². The summed E-state index contributed by atoms with van der Waals surface area (Å²) in [6.45, 7) is 1.24. The molecule has 0 unspecified atom stereocenters. The summed E-state index contributed by atoms with van der Waals surface area (Å²) in [5.74, 6) is 1.24. The molecule has 20 heavy (non-hydrogen) atoms. The lowest BCUT2D eigenvalue weighted by atomic mass is 10.1. The molecule has 0 radical (unpaired) electrons. The highest BCUT2D eigenvalue weighted by Gasteiger charge is 2.13. The van der Waals surface area contributed by atoms with Gasteiger partial charge in [-0.2, -0.15) is 0 Å². The van der Waals surface area contributed by atoms with E-state index in [9.17, 15) is 4.39 Å². The first-order valence-electron chi connectivity index (χ1n) is 6.29. The van der Waals surface area contributed by atoms with Crippen LogP contribution in [0.25, 0.3) is 0 Å². The standard InChI is InChI=1S/C14H13FN2OS2/c15-9-2-1-3-10(6-9)20-8-13-16-12-4-5-18-7-11(12)14(19)17-13/h1-3,6H,4-5,7-8H2,(H,16,17,19). The first-order valence-corrected chi connectivity index (χ1v) is 7.69. The van der Waals surface area contributed by atoms with Gasteiger partial charge in [-0.3, -0.25) is 0 Å². The molecular formula is C14H13FN2OS2. The second-order valence-corrected chi connectivity index (χ2v) is 5.93. The molecule has 1 N–H and O–H groups in total. The summed E-state index contributed by atoms with van der Waals surface area (Å²) in [6, 6.07) is 6.55. The zero-order valence-corrected chi connectivity index (χ0v) is 12.3. The summed E-state index contributed by atoms with van der Waals surface area (Å²) in [5, 5.41) is 0. The van der Waals surface area contributed by atoms with Gasteiger partial charge in [-0.1, -0.05) is 18.3 Å². The van der Waals surface area contributed by atoms with Crippen LogP contribution in [0.15, 0.2) is 29.2 Å². The van der Waals surface area contributed by atoms with Crippen molar-refractivity contribution in [1.29, 1.82) is 0 Å². The van der Waals surface area contributed by atoms with E-state index < -0.39 is 0 Å². The Labute approximate surface area is 125 Å². The number of benzene rings is 1. The number of nitrogens with zero attached hydrogens (tertiary/aromatic N) is 1. The Morgan fingerprint density at radius 2 is 2.35 bits per heavy atom. The molecule has 0 fully saturated rings. The Hall–Kier alpha value is -1.24. The van der Waals surface area contributed by atoms with Gasteiger partial charge < -0.3 is 9.72 Å². The normalized spacial score (nSPS) is 14.1. The molecule has 1 aromatic heterocycles. The molecule has 3 nitrogen and oxygen atoms in total. The molecule has 0 atom stereocenters. The van der Waals surface area contributed by atoms with E-state index in [0.717, 1.165) is 28.4 Å². The van der Waals surface area contributed by atoms with Gasteiger partial charge in [0, 0.05) is 22.6 Å². The summed E-state index contributed by atoms with van der Waals surface area (Å²) >= 11 is 6.83. The molecule has 0 aliphatic carbocycles. The first kappa shape index (κ1) is 13.7. The Balaban J connectivity index is 1.78. The molecular weight excluding hydrogens is 295 g/mol. The molecule has 0 saturated carbocycles. The topological polar surface area (TPSA) is 37.9 Å². The van der Waals surface area contributed by atoms with Crippen molar-refractivity contribution in [3.8, 4) is 0 Å². The number of H-pyrrole nitrogens is 1. The minimum absolute atomic E-state index is 0.224. The fraction of sp³-hybridized carbons (Fsp3) is 0.286. The van der Waals surface area contributed by atoms with E-state index in [-0.39, 0.29) is 5.82 Å². The average molecular weight is 308 g/mol. The highest BCUT2D eigenvalue weighted by atomic mass is 32.2. The number of fused-ring (bicyclic) bond motifs is 1. The second-order valence-electron chi connectivity index (χ2n) is 4.49. The second kappa shape index (κ2) is 6.03. The van der Waals surface area contributed by atoms with Gasteiger partial charge in [0.05, 0.1) is 19.0 Å². The van der Waals surface area contributed by atoms with E-state index in [1.807, 2.05) is 6.07 Å². The maximum atomic E-state index is 13.1. The van der Waals surface area contributed by atoms with Crippen molar-refractivity contribution in [3.63, 3.8) is 0 Å². The number of hydrogen-bond acceptors (Lipinski definition) is 4. The van der Waals surface area contributed by atoms with Gasteiger partial charge >= 0.3 is 0 Å². The Bertz CT molecular complexity index is 687. The SMILES string of the molecule is Fc1cccc(SCc2nc(=S)c3c([nH]2)CCOC3)c1. The van der Waals surface area contributed by atoms with Crippen LogP contribution in [0.2, 0.25) is 0 Å². The minimum Gasteiger partial charge on any atom is -0.376 e. The highest BCUT2D eigenvalue weighted by molar-refractivity contribution is 7.98. The smallest absolute Gasteiger partial charge is 0.135 e. The highest BCUT2D eigenvalue weighted by Crippen LogP contribution is 2.23. The van der Waals surface area contributed by atoms with Crippen LogP contribution < -0.4 is 0 Å². The molecule has 1 aliphatic heterocycles. The fourth-order valence-corrected chi connectivity index (χ4v) is 3.19. The molecule has 0 spiro atoms. The molecule has 104 valence electrons. The molecule has 3 rings (SSSR count). The lowest BCUT2D eigenvalue weighted by Gasteiger charge is -2.17. The maximum absolute atomic E-state index is 13.1. The molecule has 1 aromatic carbocycles. The number of hydrogen-bond donors (Lipinski definition) is 1. The average Bonchev–Trinajstić information content (AvgIpc) is 2.45. The van der Waals surface area contributed by atoms with Crippen LogP contribution in [0, 0.1) is 10.5 Å². The Morgan fingerprint density at radius 3 is 3.20 bits per heavy atom. The monoisotopic (exact) mass is 308 g/mol. The summed E-state index contributed by atoms with van der Waals surface area (Å²) in [5.41, 5.74) is 2.11. The van der Waals surface area contributed by atoms with Crippen LogP contribution in [0.1, 0.15) is 17.1 Å². The number of nitrogens with one attached hydrogen (secondary N) is 1. The molecule has 2 aromatic rings. The van der Waals surface area contributed by atoms with Crippen molar-refractivity contribution in [2.45, 2.75) is 23.7 Å². The number of rotatable bonds is 3. The molecule has 6 heteroatoms. The molecule has 0 amide bonds. The number of aromatic nitrogens is 2. The van der Waals surface area contributed by atoms with Crippen LogP contribution in [0.5, 0.6) is 0 Å². The number of ether oxygens (including phenoxy) is 1. The summed E-state index contributed by atoms with van der Waals surface area (Å²) in [4.78, 5) is 8.59. The lowest BCUT2D eigenvalue weighted by molar-refractivity contribution is 0.108. The number of thioether (sulfide) groups is 1. The fourth-order valence-electron chi connectivity index (χ4n) is 2.08. The summed E-state index contributed by atoms with van der Waals surface area (Å²) in [7, 11) is 0. The van der Waals surface area contributed by atoms with Crippen molar-refractivity contribution in [1.82, 2.24) is 9.97 Å². The van der Waals surface area contributed by atoms with E-state index in [2.05, 4.69) is 9.97 Å². The molecule has 2 heterocycles. The van der Waals surface area contributed by atoms with Crippen molar-refractivity contribution in [3.05, 3.63) is 51.8 Å². The molecule has 1 aliphatic rings. The van der Waals surface area contributed by atoms with Gasteiger partial charge in [0.15, 0.2) is 0 Å². The summed E-state index contributed by atoms with van der Waals surface area (Å²) < 4.78 is 19.1. The van der Waals surface area contributed by atoms with Crippen molar-refractivity contribution >= 4 is 24.0 Å². The molecule has 0 saturated heterocycles. The van der Waals surface area contributed by atoms with E-state index in [4.69, 9.17) is 17.0 Å². The van der Waals surface area contributed by atoms with Gasteiger partial charge in [0.2, 0.25) is 0 Å². The van der Waals surface area contributed by atoms with Gasteiger partial charge in [0.1, 0.15) is 16.3 Å². The van der Waals surface area contributed by atoms with Crippen molar-refractivity contribution in [2.75, 3.05) is 6.61 Å². The Kier molecular flexibility index (Phi) is 4.14. The van der Waals surface area contributed by atoms with Crippen LogP contribution >= 0.6 is 24.0 Å².